The summed E-state index contributed by atoms with van der Waals surface area (Å²) in [4.78, 5) is 16.3. The molecule has 0 saturated heterocycles. The molecule has 0 radical (unpaired) electrons. The number of aromatic nitrogens is 1. The largest absolute Gasteiger partial charge is 0.478 e. The molecule has 5 heteroatoms. The van der Waals surface area contributed by atoms with Gasteiger partial charge in [0.25, 0.3) is 0 Å². The molecule has 2 heterocycles. The Hall–Kier alpha value is -1.88. The van der Waals surface area contributed by atoms with Gasteiger partial charge in [0, 0.05) is 16.8 Å². The zero-order chi connectivity index (χ0) is 13.1. The highest BCUT2D eigenvalue weighted by Gasteiger charge is 2.14. The molecule has 0 aromatic carbocycles. The van der Waals surface area contributed by atoms with Crippen LogP contribution in [0.1, 0.15) is 33.9 Å². The van der Waals surface area contributed by atoms with Crippen LogP contribution in [0.25, 0.3) is 0 Å². The molecule has 0 aliphatic rings. The van der Waals surface area contributed by atoms with Gasteiger partial charge in [-0.05, 0) is 31.4 Å². The molecule has 1 unspecified atom stereocenters. The zero-order valence-corrected chi connectivity index (χ0v) is 11.0. The second-order valence-corrected chi connectivity index (χ2v) is 5.04. The molecule has 18 heavy (non-hydrogen) atoms. The number of anilines is 1. The standard InChI is InChI=1S/C13H14N2O2S/c1-8-6-11(10(7-14-8)13(16)17)15-9(2)12-4-3-5-18-12/h3-7,9H,1-2H3,(H,14,15)(H,16,17). The smallest absolute Gasteiger partial charge is 0.339 e. The van der Waals surface area contributed by atoms with Gasteiger partial charge in [0.15, 0.2) is 0 Å². The maximum atomic E-state index is 11.1. The van der Waals surface area contributed by atoms with Crippen molar-refractivity contribution < 1.29 is 9.90 Å². The van der Waals surface area contributed by atoms with Gasteiger partial charge in [0.2, 0.25) is 0 Å². The Labute approximate surface area is 109 Å². The number of thiophene rings is 1. The summed E-state index contributed by atoms with van der Waals surface area (Å²) >= 11 is 1.64. The van der Waals surface area contributed by atoms with Gasteiger partial charge >= 0.3 is 5.97 Å². The first-order chi connectivity index (χ1) is 8.58. The predicted molar refractivity (Wildman–Crippen MR) is 72.3 cm³/mol. The SMILES string of the molecule is Cc1cc(NC(C)c2cccs2)c(C(=O)O)cn1. The van der Waals surface area contributed by atoms with Crippen LogP contribution in [0.15, 0.2) is 29.8 Å². The van der Waals surface area contributed by atoms with Crippen LogP contribution in [0.3, 0.4) is 0 Å². The highest BCUT2D eigenvalue weighted by molar-refractivity contribution is 7.10. The van der Waals surface area contributed by atoms with E-state index >= 15 is 0 Å². The fraction of sp³-hybridized carbons (Fsp3) is 0.231. The fourth-order valence-electron chi connectivity index (χ4n) is 1.69. The van der Waals surface area contributed by atoms with Crippen LogP contribution in [-0.4, -0.2) is 16.1 Å². The first kappa shape index (κ1) is 12.6. The second kappa shape index (κ2) is 5.18. The van der Waals surface area contributed by atoms with Gasteiger partial charge < -0.3 is 10.4 Å². The minimum atomic E-state index is -0.969. The monoisotopic (exact) mass is 262 g/mol. The summed E-state index contributed by atoms with van der Waals surface area (Å²) in [7, 11) is 0. The lowest BCUT2D eigenvalue weighted by Gasteiger charge is -2.15. The Morgan fingerprint density at radius 3 is 2.94 bits per heavy atom. The van der Waals surface area contributed by atoms with Crippen molar-refractivity contribution in [3.8, 4) is 0 Å². The minimum absolute atomic E-state index is 0.0740. The van der Waals surface area contributed by atoms with E-state index in [1.165, 1.54) is 11.1 Å². The number of hydrogen-bond acceptors (Lipinski definition) is 4. The van der Waals surface area contributed by atoms with E-state index in [0.717, 1.165) is 5.69 Å². The highest BCUT2D eigenvalue weighted by Crippen LogP contribution is 2.25. The van der Waals surface area contributed by atoms with Crippen molar-refractivity contribution in [2.24, 2.45) is 0 Å². The van der Waals surface area contributed by atoms with Gasteiger partial charge in [-0.25, -0.2) is 4.79 Å². The van der Waals surface area contributed by atoms with Gasteiger partial charge in [-0.3, -0.25) is 4.98 Å². The fourth-order valence-corrected chi connectivity index (χ4v) is 2.43. The van der Waals surface area contributed by atoms with Gasteiger partial charge in [-0.15, -0.1) is 11.3 Å². The zero-order valence-electron chi connectivity index (χ0n) is 10.2. The second-order valence-electron chi connectivity index (χ2n) is 4.06. The molecule has 0 amide bonds. The number of hydrogen-bond donors (Lipinski definition) is 2. The average molecular weight is 262 g/mol. The number of aryl methyl sites for hydroxylation is 1. The number of nitrogens with zero attached hydrogens (tertiary/aromatic N) is 1. The Balaban J connectivity index is 2.28. The van der Waals surface area contributed by atoms with Crippen LogP contribution in [0.5, 0.6) is 0 Å². The Morgan fingerprint density at radius 1 is 1.56 bits per heavy atom. The summed E-state index contributed by atoms with van der Waals surface area (Å²) in [5, 5.41) is 14.4. The molecular weight excluding hydrogens is 248 g/mol. The summed E-state index contributed by atoms with van der Waals surface area (Å²) in [6.07, 6.45) is 1.39. The molecule has 2 aromatic rings. The van der Waals surface area contributed by atoms with Gasteiger partial charge in [0.05, 0.1) is 11.7 Å². The lowest BCUT2D eigenvalue weighted by Crippen LogP contribution is -2.10. The Kier molecular flexibility index (Phi) is 3.62. The van der Waals surface area contributed by atoms with E-state index in [1.54, 1.807) is 17.4 Å². The number of carboxylic acid groups (broad SMARTS) is 1. The lowest BCUT2D eigenvalue weighted by molar-refractivity contribution is 0.0697. The van der Waals surface area contributed by atoms with E-state index in [9.17, 15) is 4.79 Å². The molecule has 0 bridgehead atoms. The predicted octanol–water partition coefficient (Wildman–Crippen LogP) is 3.32. The maximum absolute atomic E-state index is 11.1. The van der Waals surface area contributed by atoms with Crippen LogP contribution in [0.2, 0.25) is 0 Å². The Bertz CT molecular complexity index is 552. The van der Waals surface area contributed by atoms with Gasteiger partial charge in [-0.1, -0.05) is 6.07 Å². The number of nitrogens with one attached hydrogen (secondary N) is 1. The molecule has 4 nitrogen and oxygen atoms in total. The van der Waals surface area contributed by atoms with Crippen LogP contribution < -0.4 is 5.32 Å². The van der Waals surface area contributed by atoms with Gasteiger partial charge in [0.1, 0.15) is 5.56 Å². The topological polar surface area (TPSA) is 62.2 Å². The van der Waals surface area contributed by atoms with E-state index in [0.29, 0.717) is 5.69 Å². The summed E-state index contributed by atoms with van der Waals surface area (Å²) in [5.41, 5.74) is 1.60. The Morgan fingerprint density at radius 2 is 2.33 bits per heavy atom. The molecule has 0 saturated carbocycles. The molecular formula is C13H14N2O2S. The van der Waals surface area contributed by atoms with Crippen molar-refractivity contribution in [3.05, 3.63) is 45.9 Å². The van der Waals surface area contributed by atoms with Crippen LogP contribution >= 0.6 is 11.3 Å². The molecule has 0 aliphatic carbocycles. The number of carboxylic acids is 1. The molecule has 2 rings (SSSR count). The first-order valence-corrected chi connectivity index (χ1v) is 6.46. The number of rotatable bonds is 4. The third-order valence-corrected chi connectivity index (χ3v) is 3.67. The highest BCUT2D eigenvalue weighted by atomic mass is 32.1. The number of pyridine rings is 1. The van der Waals surface area contributed by atoms with Crippen molar-refractivity contribution >= 4 is 23.0 Å². The van der Waals surface area contributed by atoms with E-state index in [-0.39, 0.29) is 11.6 Å². The number of carbonyl (C=O) groups is 1. The molecule has 94 valence electrons. The molecule has 0 spiro atoms. The summed E-state index contributed by atoms with van der Waals surface area (Å²) < 4.78 is 0. The maximum Gasteiger partial charge on any atom is 0.339 e. The van der Waals surface area contributed by atoms with Crippen LogP contribution in [0, 0.1) is 6.92 Å². The van der Waals surface area contributed by atoms with Crippen molar-refractivity contribution in [2.45, 2.75) is 19.9 Å². The van der Waals surface area contributed by atoms with E-state index in [2.05, 4.69) is 10.3 Å². The molecule has 2 N–H and O–H groups in total. The molecule has 1 atom stereocenters. The van der Waals surface area contributed by atoms with Crippen molar-refractivity contribution in [1.29, 1.82) is 0 Å². The summed E-state index contributed by atoms with van der Waals surface area (Å²) in [6, 6.07) is 5.84. The molecule has 2 aromatic heterocycles. The van der Waals surface area contributed by atoms with Crippen LogP contribution in [0.4, 0.5) is 5.69 Å². The number of aromatic carboxylic acids is 1. The molecule has 0 fully saturated rings. The lowest BCUT2D eigenvalue weighted by atomic mass is 10.2. The van der Waals surface area contributed by atoms with Crippen molar-refractivity contribution in [3.63, 3.8) is 0 Å². The first-order valence-electron chi connectivity index (χ1n) is 5.58. The van der Waals surface area contributed by atoms with E-state index < -0.39 is 5.97 Å². The summed E-state index contributed by atoms with van der Waals surface area (Å²) in [6.45, 7) is 3.85. The quantitative estimate of drug-likeness (QED) is 0.887. The molecule has 0 aliphatic heterocycles. The van der Waals surface area contributed by atoms with E-state index in [4.69, 9.17) is 5.11 Å². The third kappa shape index (κ3) is 2.68. The third-order valence-electron chi connectivity index (χ3n) is 2.61. The van der Waals surface area contributed by atoms with E-state index in [1.807, 2.05) is 31.4 Å². The average Bonchev–Trinajstić information content (AvgIpc) is 2.81. The normalized spacial score (nSPS) is 12.1. The van der Waals surface area contributed by atoms with Crippen molar-refractivity contribution in [2.75, 3.05) is 5.32 Å². The van der Waals surface area contributed by atoms with Crippen molar-refractivity contribution in [1.82, 2.24) is 4.98 Å². The minimum Gasteiger partial charge on any atom is -0.478 e. The van der Waals surface area contributed by atoms with Crippen LogP contribution in [-0.2, 0) is 0 Å². The summed E-state index contributed by atoms with van der Waals surface area (Å²) in [5.74, 6) is -0.969. The van der Waals surface area contributed by atoms with Gasteiger partial charge in [-0.2, -0.15) is 0 Å².